The van der Waals surface area contributed by atoms with E-state index in [4.69, 9.17) is 28.9 Å². The molecule has 3 unspecified atom stereocenters. The van der Waals surface area contributed by atoms with Crippen molar-refractivity contribution in [3.63, 3.8) is 0 Å². The molecule has 1 fully saturated rings. The number of rotatable bonds is 21. The average molecular weight is 800 g/mol. The number of carbonyl (C=O) groups excluding carboxylic acids is 6. The van der Waals surface area contributed by atoms with Crippen molar-refractivity contribution in [1.82, 2.24) is 26.2 Å². The molecular weight excluding hydrogens is 747 g/mol. The summed E-state index contributed by atoms with van der Waals surface area (Å²) in [4.78, 5) is 103. The molecule has 0 saturated heterocycles. The Bertz CT molecular complexity index is 1540. The largest absolute Gasteiger partial charge is 0.481 e. The van der Waals surface area contributed by atoms with Crippen LogP contribution in [-0.4, -0.2) is 99.8 Å². The van der Waals surface area contributed by atoms with E-state index in [-0.39, 0.29) is 54.0 Å². The number of primary amides is 1. The van der Waals surface area contributed by atoms with Gasteiger partial charge in [0, 0.05) is 26.8 Å². The Labute approximate surface area is 324 Å². The molecule has 1 aromatic rings. The van der Waals surface area contributed by atoms with Crippen LogP contribution in [0.25, 0.3) is 0 Å². The van der Waals surface area contributed by atoms with Crippen LogP contribution in [-0.2, 0) is 44.8 Å². The van der Waals surface area contributed by atoms with E-state index >= 15 is 0 Å². The highest BCUT2D eigenvalue weighted by Crippen LogP contribution is 2.28. The third-order valence-electron chi connectivity index (χ3n) is 9.15. The predicted octanol–water partition coefficient (Wildman–Crippen LogP) is 2.16. The fourth-order valence-electron chi connectivity index (χ4n) is 6.37. The van der Waals surface area contributed by atoms with Crippen molar-refractivity contribution in [3.8, 4) is 0 Å². The molecule has 8 N–H and O–H groups in total. The van der Waals surface area contributed by atoms with Crippen molar-refractivity contribution in [2.24, 2.45) is 17.6 Å². The van der Waals surface area contributed by atoms with Gasteiger partial charge in [-0.15, -0.1) is 0 Å². The number of nitrogens with zero attached hydrogens (tertiary/aromatic N) is 1. The maximum atomic E-state index is 14.1. The highest BCUT2D eigenvalue weighted by molar-refractivity contribution is 6.42. The summed E-state index contributed by atoms with van der Waals surface area (Å²) in [6, 6.07) is -2.36. The molecule has 1 saturated carbocycles. The molecular formula is C36H52Cl2N6O10. The van der Waals surface area contributed by atoms with Crippen LogP contribution >= 0.6 is 23.2 Å². The second-order valence-corrected chi connectivity index (χ2v) is 15.0. The van der Waals surface area contributed by atoms with Gasteiger partial charge >= 0.3 is 11.9 Å². The smallest absolute Gasteiger partial charge is 0.326 e. The Balaban J connectivity index is 2.37. The van der Waals surface area contributed by atoms with Crippen molar-refractivity contribution < 1.29 is 48.6 Å². The molecule has 2 rings (SSSR count). The zero-order chi connectivity index (χ0) is 40.7. The van der Waals surface area contributed by atoms with Crippen LogP contribution in [0.1, 0.15) is 90.5 Å². The van der Waals surface area contributed by atoms with E-state index in [2.05, 4.69) is 21.3 Å². The Kier molecular flexibility index (Phi) is 18.7. The lowest BCUT2D eigenvalue weighted by Gasteiger charge is -2.34. The van der Waals surface area contributed by atoms with Gasteiger partial charge in [-0.3, -0.25) is 33.6 Å². The van der Waals surface area contributed by atoms with E-state index in [9.17, 15) is 48.6 Å². The van der Waals surface area contributed by atoms with Crippen LogP contribution < -0.4 is 27.0 Å². The monoisotopic (exact) mass is 798 g/mol. The first-order valence-corrected chi connectivity index (χ1v) is 18.7. The third-order valence-corrected chi connectivity index (χ3v) is 9.89. The first kappa shape index (κ1) is 45.7. The maximum Gasteiger partial charge on any atom is 0.326 e. The Morgan fingerprint density at radius 2 is 1.43 bits per heavy atom. The molecule has 18 heteroatoms. The number of halogens is 2. The molecule has 16 nitrogen and oxygen atoms in total. The Morgan fingerprint density at radius 1 is 0.833 bits per heavy atom. The topological polar surface area (TPSA) is 254 Å². The van der Waals surface area contributed by atoms with E-state index < -0.39 is 84.0 Å². The molecule has 1 aromatic carbocycles. The van der Waals surface area contributed by atoms with E-state index in [1.165, 1.54) is 26.1 Å². The predicted molar refractivity (Wildman–Crippen MR) is 199 cm³/mol. The van der Waals surface area contributed by atoms with Gasteiger partial charge in [-0.25, -0.2) is 4.79 Å². The molecule has 6 amide bonds. The number of benzene rings is 1. The van der Waals surface area contributed by atoms with Crippen molar-refractivity contribution >= 4 is 70.6 Å². The normalized spacial score (nSPS) is 15.8. The number of nitrogens with one attached hydrogen (secondary N) is 4. The number of nitrogens with two attached hydrogens (primary N) is 1. The Morgan fingerprint density at radius 3 is 1.96 bits per heavy atom. The summed E-state index contributed by atoms with van der Waals surface area (Å²) < 4.78 is 0. The van der Waals surface area contributed by atoms with Gasteiger partial charge < -0.3 is 42.1 Å². The van der Waals surface area contributed by atoms with Crippen molar-refractivity contribution in [2.75, 3.05) is 7.05 Å². The standard InChI is InChI=1S/C36H52Cl2N6O10/c1-19(2)14-26(33(50)43-28(36(53)54)17-22-10-11-23(37)24(38)15-22)41-34(51)29(18-31(47)48)44(4)35(52)27(16-21-8-6-5-7-9-21)42-32(49)25(40-20(3)45)12-13-30(39)46/h10-11,15,19,21,25-29H,5-9,12-14,16-18H2,1-4H3,(H2,39,46)(H,40,45)(H,41,51)(H,42,49)(H,43,50)(H,47,48)(H,53,54)/t25?,26-,27-,28?,29?/m0/s1. The molecule has 1 aliphatic rings. The second-order valence-electron chi connectivity index (χ2n) is 14.2. The van der Waals surface area contributed by atoms with Crippen LogP contribution in [0.15, 0.2) is 18.2 Å². The number of carboxylic acids is 2. The van der Waals surface area contributed by atoms with Gasteiger partial charge in [0.1, 0.15) is 30.2 Å². The van der Waals surface area contributed by atoms with Crippen LogP contribution in [0.3, 0.4) is 0 Å². The van der Waals surface area contributed by atoms with E-state index in [0.29, 0.717) is 5.56 Å². The van der Waals surface area contributed by atoms with Gasteiger partial charge in [0.2, 0.25) is 35.4 Å². The van der Waals surface area contributed by atoms with Crippen molar-refractivity contribution in [3.05, 3.63) is 33.8 Å². The summed E-state index contributed by atoms with van der Waals surface area (Å²) >= 11 is 12.0. The molecule has 0 radical (unpaired) electrons. The number of likely N-dealkylation sites (N-methyl/N-ethyl adjacent to an activating group) is 1. The molecule has 0 heterocycles. The van der Waals surface area contributed by atoms with Crippen LogP contribution in [0.5, 0.6) is 0 Å². The molecule has 300 valence electrons. The lowest BCUT2D eigenvalue weighted by Crippen LogP contribution is -2.60. The summed E-state index contributed by atoms with van der Waals surface area (Å²) in [6.07, 6.45) is 3.15. The van der Waals surface area contributed by atoms with Gasteiger partial charge in [0.15, 0.2) is 0 Å². The molecule has 0 spiro atoms. The minimum absolute atomic E-state index is 0.0168. The fourth-order valence-corrected chi connectivity index (χ4v) is 6.69. The first-order valence-electron chi connectivity index (χ1n) is 17.9. The van der Waals surface area contributed by atoms with Gasteiger partial charge in [0.25, 0.3) is 0 Å². The SMILES string of the molecule is CC(=O)NC(CCC(N)=O)C(=O)N[C@@H](CC1CCCCC1)C(=O)N(C)C(CC(=O)O)C(=O)N[C@@H](CC(C)C)C(=O)NC(Cc1ccc(Cl)c(Cl)c1)C(=O)O. The zero-order valence-corrected chi connectivity index (χ0v) is 32.5. The van der Waals surface area contributed by atoms with Gasteiger partial charge in [-0.1, -0.05) is 75.2 Å². The molecule has 1 aliphatic carbocycles. The number of carboxylic acid groups (broad SMARTS) is 2. The summed E-state index contributed by atoms with van der Waals surface area (Å²) in [7, 11) is 1.21. The lowest BCUT2D eigenvalue weighted by atomic mass is 9.84. The average Bonchev–Trinajstić information content (AvgIpc) is 3.08. The summed E-state index contributed by atoms with van der Waals surface area (Å²) in [5.41, 5.74) is 5.72. The van der Waals surface area contributed by atoms with E-state index in [0.717, 1.165) is 37.0 Å². The molecule has 0 aliphatic heterocycles. The van der Waals surface area contributed by atoms with E-state index in [1.807, 2.05) is 0 Å². The summed E-state index contributed by atoms with van der Waals surface area (Å²) in [5, 5.41) is 30.2. The summed E-state index contributed by atoms with van der Waals surface area (Å²) in [5.74, 6) is -7.64. The molecule has 54 heavy (non-hydrogen) atoms. The molecule has 0 bridgehead atoms. The van der Waals surface area contributed by atoms with Gasteiger partial charge in [0.05, 0.1) is 16.5 Å². The third kappa shape index (κ3) is 15.5. The van der Waals surface area contributed by atoms with Gasteiger partial charge in [-0.05, 0) is 48.8 Å². The molecule has 0 aromatic heterocycles. The minimum atomic E-state index is -1.66. The summed E-state index contributed by atoms with van der Waals surface area (Å²) in [6.45, 7) is 4.71. The first-order chi connectivity index (χ1) is 25.3. The van der Waals surface area contributed by atoms with Crippen molar-refractivity contribution in [1.29, 1.82) is 0 Å². The number of amides is 6. The fraction of sp³-hybridized carbons (Fsp3) is 0.611. The second kappa shape index (κ2) is 22.1. The quantitative estimate of drug-likeness (QED) is 0.0954. The number of hydrogen-bond acceptors (Lipinski definition) is 8. The number of hydrogen-bond donors (Lipinski definition) is 7. The minimum Gasteiger partial charge on any atom is -0.481 e. The lowest BCUT2D eigenvalue weighted by molar-refractivity contribution is -0.148. The maximum absolute atomic E-state index is 14.1. The van der Waals surface area contributed by atoms with Crippen LogP contribution in [0.2, 0.25) is 10.0 Å². The van der Waals surface area contributed by atoms with Crippen molar-refractivity contribution in [2.45, 2.75) is 122 Å². The van der Waals surface area contributed by atoms with E-state index in [1.54, 1.807) is 19.9 Å². The Hall–Kier alpha value is -4.44. The van der Waals surface area contributed by atoms with Crippen LogP contribution in [0.4, 0.5) is 0 Å². The van der Waals surface area contributed by atoms with Gasteiger partial charge in [-0.2, -0.15) is 0 Å². The number of carbonyl (C=O) groups is 8. The number of aliphatic carboxylic acids is 2. The van der Waals surface area contributed by atoms with Crippen LogP contribution in [0, 0.1) is 11.8 Å². The molecule has 5 atom stereocenters. The highest BCUT2D eigenvalue weighted by atomic mass is 35.5. The zero-order valence-electron chi connectivity index (χ0n) is 31.0. The highest BCUT2D eigenvalue weighted by Gasteiger charge is 2.38.